The Morgan fingerprint density at radius 1 is 1.19 bits per heavy atom. The van der Waals surface area contributed by atoms with Gasteiger partial charge < -0.3 is 4.90 Å². The van der Waals surface area contributed by atoms with Crippen molar-refractivity contribution < 1.29 is 22.0 Å². The Morgan fingerprint density at radius 2 is 1.90 bits per heavy atom. The van der Waals surface area contributed by atoms with Crippen molar-refractivity contribution in [3.8, 4) is 12.3 Å². The van der Waals surface area contributed by atoms with Crippen LogP contribution >= 0.6 is 0 Å². The third-order valence-corrected chi connectivity index (χ3v) is 5.21. The van der Waals surface area contributed by atoms with Gasteiger partial charge in [0, 0.05) is 24.7 Å². The van der Waals surface area contributed by atoms with Crippen molar-refractivity contribution in [2.45, 2.75) is 32.0 Å². The maximum absolute atomic E-state index is 14.0. The quantitative estimate of drug-likeness (QED) is 0.315. The predicted molar refractivity (Wildman–Crippen MR) is 111 cm³/mol. The van der Waals surface area contributed by atoms with Gasteiger partial charge in [-0.2, -0.15) is 13.2 Å². The summed E-state index contributed by atoms with van der Waals surface area (Å²) in [6.45, 7) is 2.23. The average molecular weight is 432 g/mol. The van der Waals surface area contributed by atoms with Crippen molar-refractivity contribution in [3.63, 3.8) is 0 Å². The molecule has 1 saturated heterocycles. The molecule has 7 heteroatoms. The monoisotopic (exact) mass is 432 g/mol. The fourth-order valence-electron chi connectivity index (χ4n) is 3.83. The average Bonchev–Trinajstić information content (AvgIpc) is 3.20. The van der Waals surface area contributed by atoms with Crippen molar-refractivity contribution in [2.24, 2.45) is 5.92 Å². The number of allylic oxidation sites excluding steroid dienone is 3. The van der Waals surface area contributed by atoms with Crippen LogP contribution in [-0.2, 0) is 6.18 Å². The molecule has 2 heterocycles. The molecule has 2 aromatic rings. The minimum atomic E-state index is -4.76. The summed E-state index contributed by atoms with van der Waals surface area (Å²) in [7, 11) is 0. The van der Waals surface area contributed by atoms with E-state index in [1.807, 2.05) is 19.1 Å². The lowest BCUT2D eigenvalue weighted by molar-refractivity contribution is -0.141. The number of nitrogens with zero attached hydrogens (tertiary/aromatic N) is 2. The minimum absolute atomic E-state index is 0.0976. The van der Waals surface area contributed by atoms with E-state index in [2.05, 4.69) is 10.9 Å². The van der Waals surface area contributed by atoms with Gasteiger partial charge in [-0.15, -0.1) is 6.42 Å². The second-order valence-electron chi connectivity index (χ2n) is 7.23. The third-order valence-electron chi connectivity index (χ3n) is 5.21. The molecule has 0 spiro atoms. The Labute approximate surface area is 178 Å². The van der Waals surface area contributed by atoms with Gasteiger partial charge in [0.1, 0.15) is 23.1 Å². The SMILES string of the molecule is C#CC(/C(=C\C=C/C)c1ccc(F)cc1)C1CCCN1c1cc(F)cc(C(F)(F)F)n1. The molecule has 0 N–H and O–H groups in total. The summed E-state index contributed by atoms with van der Waals surface area (Å²) >= 11 is 0. The summed E-state index contributed by atoms with van der Waals surface area (Å²) in [4.78, 5) is 5.30. The molecular formula is C24H21F5N2. The molecule has 31 heavy (non-hydrogen) atoms. The van der Waals surface area contributed by atoms with Crippen LogP contribution < -0.4 is 4.90 Å². The first kappa shape index (κ1) is 22.5. The van der Waals surface area contributed by atoms with Crippen LogP contribution in [0, 0.1) is 29.9 Å². The molecule has 0 bridgehead atoms. The number of halogens is 5. The van der Waals surface area contributed by atoms with Gasteiger partial charge in [-0.25, -0.2) is 13.8 Å². The normalized spacial score (nSPS) is 18.4. The highest BCUT2D eigenvalue weighted by atomic mass is 19.4. The highest BCUT2D eigenvalue weighted by Gasteiger charge is 2.37. The van der Waals surface area contributed by atoms with Crippen LogP contribution in [0.15, 0.2) is 54.6 Å². The first-order chi connectivity index (χ1) is 14.7. The summed E-state index contributed by atoms with van der Waals surface area (Å²) in [5, 5.41) is 0. The Balaban J connectivity index is 2.03. The number of rotatable bonds is 5. The lowest BCUT2D eigenvalue weighted by atomic mass is 9.85. The van der Waals surface area contributed by atoms with Crippen LogP contribution in [0.2, 0.25) is 0 Å². The van der Waals surface area contributed by atoms with Crippen LogP contribution in [-0.4, -0.2) is 17.6 Å². The fraction of sp³-hybridized carbons (Fsp3) is 0.292. The van der Waals surface area contributed by atoms with Crippen LogP contribution in [0.3, 0.4) is 0 Å². The zero-order chi connectivity index (χ0) is 22.6. The van der Waals surface area contributed by atoms with Crippen LogP contribution in [0.4, 0.5) is 27.8 Å². The molecule has 1 aromatic carbocycles. The molecule has 1 aromatic heterocycles. The standard InChI is InChI=1S/C24H21F5N2/c1-3-5-7-20(16-9-11-17(25)12-10-16)19(4-2)21-8-6-13-31(21)23-15-18(26)14-22(30-23)24(27,28)29/h2-3,5,7,9-12,14-15,19,21H,6,8,13H2,1H3/b5-3-,20-7-. The number of aromatic nitrogens is 1. The lowest BCUT2D eigenvalue weighted by Crippen LogP contribution is -2.36. The lowest BCUT2D eigenvalue weighted by Gasteiger charge is -2.32. The summed E-state index contributed by atoms with van der Waals surface area (Å²) in [5.41, 5.74) is 0.149. The highest BCUT2D eigenvalue weighted by Crippen LogP contribution is 2.37. The summed E-state index contributed by atoms with van der Waals surface area (Å²) < 4.78 is 66.9. The molecule has 162 valence electrons. The molecule has 2 atom stereocenters. The molecular weight excluding hydrogens is 411 g/mol. The molecule has 2 unspecified atom stereocenters. The van der Waals surface area contributed by atoms with E-state index in [0.29, 0.717) is 31.0 Å². The van der Waals surface area contributed by atoms with E-state index in [-0.39, 0.29) is 11.9 Å². The molecule has 1 aliphatic rings. The van der Waals surface area contributed by atoms with E-state index >= 15 is 0 Å². The van der Waals surface area contributed by atoms with Gasteiger partial charge in [0.05, 0.1) is 5.92 Å². The van der Waals surface area contributed by atoms with Crippen LogP contribution in [0.5, 0.6) is 0 Å². The third kappa shape index (κ3) is 5.13. The van der Waals surface area contributed by atoms with E-state index in [1.165, 1.54) is 12.1 Å². The van der Waals surface area contributed by atoms with E-state index in [4.69, 9.17) is 6.42 Å². The van der Waals surface area contributed by atoms with Crippen molar-refractivity contribution in [1.82, 2.24) is 4.98 Å². The maximum atomic E-state index is 14.0. The fourth-order valence-corrected chi connectivity index (χ4v) is 3.83. The van der Waals surface area contributed by atoms with Gasteiger partial charge in [0.15, 0.2) is 0 Å². The van der Waals surface area contributed by atoms with Crippen molar-refractivity contribution in [1.29, 1.82) is 0 Å². The first-order valence-corrected chi connectivity index (χ1v) is 9.81. The van der Waals surface area contributed by atoms with Gasteiger partial charge in [-0.1, -0.05) is 36.3 Å². The predicted octanol–water partition coefficient (Wildman–Crippen LogP) is 6.26. The van der Waals surface area contributed by atoms with Crippen LogP contribution in [0.25, 0.3) is 5.57 Å². The summed E-state index contributed by atoms with van der Waals surface area (Å²) in [6, 6.07) is 6.84. The van der Waals surface area contributed by atoms with Crippen molar-refractivity contribution in [3.05, 3.63) is 77.5 Å². The molecule has 0 aliphatic carbocycles. The smallest absolute Gasteiger partial charge is 0.352 e. The molecule has 0 amide bonds. The number of terminal acetylenes is 1. The Morgan fingerprint density at radius 3 is 2.52 bits per heavy atom. The first-order valence-electron chi connectivity index (χ1n) is 9.81. The second kappa shape index (κ2) is 9.34. The van der Waals surface area contributed by atoms with Gasteiger partial charge in [-0.3, -0.25) is 0 Å². The van der Waals surface area contributed by atoms with E-state index < -0.39 is 29.4 Å². The number of pyridine rings is 1. The summed E-state index contributed by atoms with van der Waals surface area (Å²) in [6.07, 6.45) is 7.80. The van der Waals surface area contributed by atoms with Crippen molar-refractivity contribution >= 4 is 11.4 Å². The Hall–Kier alpha value is -3.14. The van der Waals surface area contributed by atoms with E-state index in [9.17, 15) is 22.0 Å². The molecule has 2 nitrogen and oxygen atoms in total. The minimum Gasteiger partial charge on any atom is -0.352 e. The molecule has 3 rings (SSSR count). The molecule has 0 saturated carbocycles. The molecule has 0 radical (unpaired) electrons. The number of hydrogen-bond acceptors (Lipinski definition) is 2. The van der Waals surface area contributed by atoms with Crippen molar-refractivity contribution in [2.75, 3.05) is 11.4 Å². The number of alkyl halides is 3. The van der Waals surface area contributed by atoms with Crippen LogP contribution in [0.1, 0.15) is 31.0 Å². The second-order valence-corrected chi connectivity index (χ2v) is 7.23. The highest BCUT2D eigenvalue weighted by molar-refractivity contribution is 5.72. The Bertz CT molecular complexity index is 1020. The number of hydrogen-bond donors (Lipinski definition) is 0. The maximum Gasteiger partial charge on any atom is 0.433 e. The van der Waals surface area contributed by atoms with Gasteiger partial charge >= 0.3 is 6.18 Å². The molecule has 1 fully saturated rings. The topological polar surface area (TPSA) is 16.1 Å². The largest absolute Gasteiger partial charge is 0.433 e. The number of benzene rings is 1. The van der Waals surface area contributed by atoms with Gasteiger partial charge in [0.25, 0.3) is 0 Å². The zero-order valence-corrected chi connectivity index (χ0v) is 16.8. The molecule has 1 aliphatic heterocycles. The zero-order valence-electron chi connectivity index (χ0n) is 16.8. The van der Waals surface area contributed by atoms with E-state index in [0.717, 1.165) is 11.6 Å². The van der Waals surface area contributed by atoms with Gasteiger partial charge in [0.2, 0.25) is 0 Å². The summed E-state index contributed by atoms with van der Waals surface area (Å²) in [5.74, 6) is 0.720. The number of anilines is 1. The Kier molecular flexibility index (Phi) is 6.79. The van der Waals surface area contributed by atoms with Gasteiger partial charge in [-0.05, 0) is 43.0 Å². The van der Waals surface area contributed by atoms with E-state index in [1.54, 1.807) is 23.1 Å².